The minimum absolute atomic E-state index is 0.364. The molecular weight excluding hydrogens is 291 g/mol. The van der Waals surface area contributed by atoms with E-state index in [1.807, 2.05) is 24.3 Å². The molecular formula is C16H18F3N3. The summed E-state index contributed by atoms with van der Waals surface area (Å²) in [6.07, 6.45) is -1.53. The minimum atomic E-state index is -4.38. The summed E-state index contributed by atoms with van der Waals surface area (Å²) in [7, 11) is 0. The summed E-state index contributed by atoms with van der Waals surface area (Å²) in [6, 6.07) is 7.59. The molecule has 2 aromatic rings. The van der Waals surface area contributed by atoms with Crippen molar-refractivity contribution in [1.29, 1.82) is 0 Å². The Kier molecular flexibility index (Phi) is 3.95. The van der Waals surface area contributed by atoms with Crippen molar-refractivity contribution in [3.05, 3.63) is 52.3 Å². The Balaban J connectivity index is 1.94. The van der Waals surface area contributed by atoms with Gasteiger partial charge < -0.3 is 5.73 Å². The van der Waals surface area contributed by atoms with Gasteiger partial charge in [-0.25, -0.2) is 0 Å². The summed E-state index contributed by atoms with van der Waals surface area (Å²) in [4.78, 5) is 0. The molecule has 0 spiro atoms. The highest BCUT2D eigenvalue weighted by Crippen LogP contribution is 2.36. The lowest BCUT2D eigenvalue weighted by molar-refractivity contribution is -0.142. The lowest BCUT2D eigenvalue weighted by Gasteiger charge is -2.14. The predicted molar refractivity (Wildman–Crippen MR) is 77.3 cm³/mol. The fraction of sp³-hybridized carbons (Fsp3) is 0.438. The number of hydrogen-bond donors (Lipinski definition) is 1. The number of nitrogens with zero attached hydrogens (tertiary/aromatic N) is 2. The molecule has 3 rings (SSSR count). The van der Waals surface area contributed by atoms with Gasteiger partial charge in [0.05, 0.1) is 6.54 Å². The molecule has 1 aromatic carbocycles. The van der Waals surface area contributed by atoms with Gasteiger partial charge in [0.25, 0.3) is 0 Å². The Morgan fingerprint density at radius 2 is 1.68 bits per heavy atom. The molecule has 1 aliphatic carbocycles. The van der Waals surface area contributed by atoms with E-state index >= 15 is 0 Å². The van der Waals surface area contributed by atoms with E-state index < -0.39 is 11.9 Å². The van der Waals surface area contributed by atoms with Crippen molar-refractivity contribution in [3.8, 4) is 0 Å². The Bertz CT molecular complexity index is 657. The van der Waals surface area contributed by atoms with Crippen LogP contribution in [0.2, 0.25) is 0 Å². The third kappa shape index (κ3) is 2.88. The summed E-state index contributed by atoms with van der Waals surface area (Å²) in [5, 5.41) is 3.87. The second-order valence-electron chi connectivity index (χ2n) is 5.66. The van der Waals surface area contributed by atoms with Crippen LogP contribution in [0.1, 0.15) is 40.9 Å². The first kappa shape index (κ1) is 15.1. The summed E-state index contributed by atoms with van der Waals surface area (Å²) in [5.74, 6) is 0. The number of fused-ring (bicyclic) bond motifs is 1. The number of hydrogen-bond acceptors (Lipinski definition) is 2. The summed E-state index contributed by atoms with van der Waals surface area (Å²) in [6.45, 7) is 0.818. The average Bonchev–Trinajstić information content (AvgIpc) is 2.87. The number of alkyl halides is 3. The van der Waals surface area contributed by atoms with Crippen molar-refractivity contribution >= 4 is 0 Å². The third-order valence-corrected chi connectivity index (χ3v) is 4.12. The van der Waals surface area contributed by atoms with E-state index in [0.717, 1.165) is 29.7 Å². The van der Waals surface area contributed by atoms with E-state index in [1.54, 1.807) is 0 Å². The molecule has 22 heavy (non-hydrogen) atoms. The normalized spacial score (nSPS) is 14.9. The van der Waals surface area contributed by atoms with Crippen LogP contribution in [0.4, 0.5) is 13.2 Å². The Morgan fingerprint density at radius 3 is 2.32 bits per heavy atom. The van der Waals surface area contributed by atoms with E-state index in [1.165, 1.54) is 4.68 Å². The van der Waals surface area contributed by atoms with E-state index in [4.69, 9.17) is 5.73 Å². The maximum atomic E-state index is 13.1. The van der Waals surface area contributed by atoms with Crippen LogP contribution in [0.15, 0.2) is 24.3 Å². The molecule has 0 saturated heterocycles. The molecule has 118 valence electrons. The van der Waals surface area contributed by atoms with Crippen LogP contribution in [0, 0.1) is 0 Å². The smallest absolute Gasteiger partial charge is 0.326 e. The van der Waals surface area contributed by atoms with Crippen LogP contribution in [-0.2, 0) is 32.1 Å². The maximum absolute atomic E-state index is 13.1. The van der Waals surface area contributed by atoms with Crippen molar-refractivity contribution in [3.63, 3.8) is 0 Å². The SMILES string of the molecule is NCc1ccc(Cn2nc(C(F)(F)F)c3c2CCCC3)cc1. The standard InChI is InChI=1S/C16H18F3N3/c17-16(18,19)15-13-3-1-2-4-14(13)22(21-15)10-12-7-5-11(9-20)6-8-12/h5-8H,1-4,9-10,20H2. The van der Waals surface area contributed by atoms with Crippen LogP contribution < -0.4 is 5.73 Å². The van der Waals surface area contributed by atoms with Gasteiger partial charge in [0.15, 0.2) is 5.69 Å². The second-order valence-corrected chi connectivity index (χ2v) is 5.66. The highest BCUT2D eigenvalue weighted by Gasteiger charge is 2.39. The van der Waals surface area contributed by atoms with Gasteiger partial charge in [0, 0.05) is 17.8 Å². The monoisotopic (exact) mass is 309 g/mol. The minimum Gasteiger partial charge on any atom is -0.326 e. The fourth-order valence-electron chi connectivity index (χ4n) is 2.98. The van der Waals surface area contributed by atoms with Crippen LogP contribution in [0.25, 0.3) is 0 Å². The summed E-state index contributed by atoms with van der Waals surface area (Å²) in [5.41, 5.74) is 7.90. The molecule has 6 heteroatoms. The first-order valence-electron chi connectivity index (χ1n) is 7.42. The Labute approximate surface area is 126 Å². The number of nitrogens with two attached hydrogens (primary N) is 1. The first-order chi connectivity index (χ1) is 10.5. The van der Waals surface area contributed by atoms with Crippen molar-refractivity contribution in [2.75, 3.05) is 0 Å². The highest BCUT2D eigenvalue weighted by molar-refractivity contribution is 5.32. The number of halogens is 3. The van der Waals surface area contributed by atoms with Crippen molar-refractivity contribution in [2.24, 2.45) is 5.73 Å². The van der Waals surface area contributed by atoms with Crippen LogP contribution in [0.5, 0.6) is 0 Å². The fourth-order valence-corrected chi connectivity index (χ4v) is 2.98. The van der Waals surface area contributed by atoms with Gasteiger partial charge in [-0.3, -0.25) is 4.68 Å². The number of benzene rings is 1. The van der Waals surface area contributed by atoms with Gasteiger partial charge in [-0.1, -0.05) is 24.3 Å². The van der Waals surface area contributed by atoms with Gasteiger partial charge in [-0.2, -0.15) is 18.3 Å². The zero-order valence-electron chi connectivity index (χ0n) is 12.2. The van der Waals surface area contributed by atoms with Gasteiger partial charge in [-0.15, -0.1) is 0 Å². The zero-order chi connectivity index (χ0) is 15.7. The molecule has 0 atom stereocenters. The molecule has 3 nitrogen and oxygen atoms in total. The van der Waals surface area contributed by atoms with Gasteiger partial charge in [-0.05, 0) is 36.8 Å². The first-order valence-corrected chi connectivity index (χ1v) is 7.42. The average molecular weight is 309 g/mol. The Morgan fingerprint density at radius 1 is 1.05 bits per heavy atom. The van der Waals surface area contributed by atoms with Crippen molar-refractivity contribution in [1.82, 2.24) is 9.78 Å². The number of rotatable bonds is 3. The largest absolute Gasteiger partial charge is 0.435 e. The summed E-state index contributed by atoms with van der Waals surface area (Å²) >= 11 is 0. The van der Waals surface area contributed by atoms with Gasteiger partial charge in [0.2, 0.25) is 0 Å². The van der Waals surface area contributed by atoms with Gasteiger partial charge >= 0.3 is 6.18 Å². The second kappa shape index (κ2) is 5.76. The molecule has 0 saturated carbocycles. The zero-order valence-corrected chi connectivity index (χ0v) is 12.2. The predicted octanol–water partition coefficient (Wildman–Crippen LogP) is 3.29. The molecule has 2 N–H and O–H groups in total. The third-order valence-electron chi connectivity index (χ3n) is 4.12. The maximum Gasteiger partial charge on any atom is 0.435 e. The highest BCUT2D eigenvalue weighted by atomic mass is 19.4. The number of aromatic nitrogens is 2. The van der Waals surface area contributed by atoms with Gasteiger partial charge in [0.1, 0.15) is 0 Å². The quantitative estimate of drug-likeness (QED) is 0.945. The van der Waals surface area contributed by atoms with E-state index in [-0.39, 0.29) is 0 Å². The molecule has 0 fully saturated rings. The molecule has 0 aliphatic heterocycles. The topological polar surface area (TPSA) is 43.8 Å². The molecule has 0 bridgehead atoms. The molecule has 0 amide bonds. The van der Waals surface area contributed by atoms with Crippen molar-refractivity contribution < 1.29 is 13.2 Å². The van der Waals surface area contributed by atoms with Crippen LogP contribution in [0.3, 0.4) is 0 Å². The summed E-state index contributed by atoms with van der Waals surface area (Å²) < 4.78 is 40.9. The molecule has 1 aliphatic rings. The van der Waals surface area contributed by atoms with Crippen LogP contribution >= 0.6 is 0 Å². The van der Waals surface area contributed by atoms with E-state index in [0.29, 0.717) is 31.5 Å². The molecule has 1 aromatic heterocycles. The van der Waals surface area contributed by atoms with E-state index in [2.05, 4.69) is 5.10 Å². The molecule has 0 unspecified atom stereocenters. The van der Waals surface area contributed by atoms with E-state index in [9.17, 15) is 13.2 Å². The lowest BCUT2D eigenvalue weighted by Crippen LogP contribution is -2.11. The lowest BCUT2D eigenvalue weighted by atomic mass is 9.95. The molecule has 1 heterocycles. The molecule has 0 radical (unpaired) electrons. The van der Waals surface area contributed by atoms with Crippen LogP contribution in [-0.4, -0.2) is 9.78 Å². The van der Waals surface area contributed by atoms with Crippen molar-refractivity contribution in [2.45, 2.75) is 44.9 Å². The Hall–Kier alpha value is -1.82.